The summed E-state index contributed by atoms with van der Waals surface area (Å²) in [5.41, 5.74) is 2.80. The topological polar surface area (TPSA) is 62.7 Å². The molecular weight excluding hydrogens is 369 g/mol. The molecule has 0 saturated carbocycles. The van der Waals surface area contributed by atoms with E-state index in [1.54, 1.807) is 6.92 Å². The van der Waals surface area contributed by atoms with Crippen molar-refractivity contribution >= 4 is 16.8 Å². The zero-order valence-electron chi connectivity index (χ0n) is 16.0. The lowest BCUT2D eigenvalue weighted by Gasteiger charge is -2.14. The van der Waals surface area contributed by atoms with Crippen LogP contribution in [0.1, 0.15) is 35.9 Å². The molecule has 0 saturated heterocycles. The zero-order chi connectivity index (χ0) is 20.5. The number of halogens is 3. The molecule has 2 heterocycles. The van der Waals surface area contributed by atoms with Gasteiger partial charge < -0.3 is 10.3 Å². The van der Waals surface area contributed by atoms with Crippen LogP contribution in [0.4, 0.5) is 13.2 Å². The van der Waals surface area contributed by atoms with Crippen molar-refractivity contribution in [3.63, 3.8) is 0 Å². The number of amides is 1. The van der Waals surface area contributed by atoms with E-state index in [2.05, 4.69) is 15.4 Å². The second kappa shape index (κ2) is 7.69. The number of carbonyl (C=O) groups is 1. The Hall–Kier alpha value is -2.77. The Morgan fingerprint density at radius 2 is 2.07 bits per heavy atom. The highest BCUT2D eigenvalue weighted by atomic mass is 19.4. The molecule has 0 unspecified atom stereocenters. The molecule has 3 aromatic rings. The first-order valence-electron chi connectivity index (χ1n) is 9.11. The van der Waals surface area contributed by atoms with Crippen LogP contribution in [-0.2, 0) is 23.9 Å². The molecule has 3 rings (SSSR count). The number of aryl methyl sites for hydroxylation is 3. The number of para-hydroxylation sites is 1. The number of carbonyl (C=O) groups excluding carboxylic acids is 1. The van der Waals surface area contributed by atoms with Crippen LogP contribution in [0.25, 0.3) is 10.9 Å². The van der Waals surface area contributed by atoms with Crippen LogP contribution in [0.5, 0.6) is 0 Å². The Labute approximate surface area is 160 Å². The third-order valence-electron chi connectivity index (χ3n) is 4.77. The fourth-order valence-electron chi connectivity index (χ4n) is 3.34. The van der Waals surface area contributed by atoms with E-state index in [0.717, 1.165) is 28.1 Å². The number of hydrogen-bond donors (Lipinski definition) is 2. The molecule has 0 spiro atoms. The van der Waals surface area contributed by atoms with Crippen molar-refractivity contribution in [1.82, 2.24) is 20.1 Å². The molecule has 0 fully saturated rings. The van der Waals surface area contributed by atoms with Gasteiger partial charge in [-0.1, -0.05) is 18.2 Å². The zero-order valence-corrected chi connectivity index (χ0v) is 16.0. The Bertz CT molecular complexity index is 987. The van der Waals surface area contributed by atoms with Gasteiger partial charge in [0.05, 0.1) is 0 Å². The molecule has 150 valence electrons. The van der Waals surface area contributed by atoms with Crippen LogP contribution >= 0.6 is 0 Å². The highest BCUT2D eigenvalue weighted by molar-refractivity contribution is 5.86. The SMILES string of the molecule is Cc1cccc2c(C[C@@H](C)NC(=O)CCn3nc(C(F)(F)F)cc3C)c[nH]c12. The lowest BCUT2D eigenvalue weighted by Crippen LogP contribution is -2.34. The van der Waals surface area contributed by atoms with Crippen LogP contribution < -0.4 is 5.32 Å². The molecule has 1 aromatic carbocycles. The summed E-state index contributed by atoms with van der Waals surface area (Å²) in [7, 11) is 0. The van der Waals surface area contributed by atoms with Crippen LogP contribution in [0.2, 0.25) is 0 Å². The largest absolute Gasteiger partial charge is 0.435 e. The minimum atomic E-state index is -4.48. The maximum Gasteiger partial charge on any atom is 0.435 e. The smallest absolute Gasteiger partial charge is 0.361 e. The molecule has 5 nitrogen and oxygen atoms in total. The molecule has 28 heavy (non-hydrogen) atoms. The van der Waals surface area contributed by atoms with E-state index in [0.29, 0.717) is 12.1 Å². The number of benzene rings is 1. The summed E-state index contributed by atoms with van der Waals surface area (Å²) in [4.78, 5) is 15.5. The molecule has 0 aliphatic rings. The summed E-state index contributed by atoms with van der Waals surface area (Å²) in [6.45, 7) is 5.59. The molecule has 2 N–H and O–H groups in total. The minimum Gasteiger partial charge on any atom is -0.361 e. The molecule has 2 aromatic heterocycles. The second-order valence-corrected chi connectivity index (χ2v) is 7.13. The Morgan fingerprint density at radius 1 is 1.32 bits per heavy atom. The van der Waals surface area contributed by atoms with Gasteiger partial charge in [0, 0.05) is 41.8 Å². The summed E-state index contributed by atoms with van der Waals surface area (Å²) in [5.74, 6) is -0.216. The Kier molecular flexibility index (Phi) is 5.49. The van der Waals surface area contributed by atoms with Gasteiger partial charge in [-0.15, -0.1) is 0 Å². The fourth-order valence-corrected chi connectivity index (χ4v) is 3.34. The molecule has 1 atom stereocenters. The molecule has 0 radical (unpaired) electrons. The van der Waals surface area contributed by atoms with Gasteiger partial charge in [0.25, 0.3) is 0 Å². The minimum absolute atomic E-state index is 0.0666. The number of aromatic nitrogens is 3. The predicted molar refractivity (Wildman–Crippen MR) is 101 cm³/mol. The predicted octanol–water partition coefficient (Wildman–Crippen LogP) is 4.14. The highest BCUT2D eigenvalue weighted by Crippen LogP contribution is 2.28. The van der Waals surface area contributed by atoms with Crippen LogP contribution in [0.15, 0.2) is 30.5 Å². The van der Waals surface area contributed by atoms with Crippen LogP contribution in [-0.4, -0.2) is 26.7 Å². The Balaban J connectivity index is 1.56. The number of aromatic amines is 1. The standard InChI is InChI=1S/C20H23F3N4O/c1-12-5-4-6-16-15(11-24-19(12)16)9-13(2)25-18(28)7-8-27-14(3)10-17(26-27)20(21,22)23/h4-6,10-11,13,24H,7-9H2,1-3H3,(H,25,28)/t13-/m1/s1. The van der Waals surface area contributed by atoms with E-state index in [1.807, 2.05) is 38.2 Å². The molecule has 0 bridgehead atoms. The van der Waals surface area contributed by atoms with E-state index in [4.69, 9.17) is 0 Å². The molecule has 0 aliphatic carbocycles. The van der Waals surface area contributed by atoms with E-state index in [1.165, 1.54) is 4.68 Å². The van der Waals surface area contributed by atoms with E-state index in [-0.39, 0.29) is 24.9 Å². The summed E-state index contributed by atoms with van der Waals surface area (Å²) in [6.07, 6.45) is -1.80. The van der Waals surface area contributed by atoms with Crippen molar-refractivity contribution in [2.75, 3.05) is 0 Å². The molecule has 1 amide bonds. The number of alkyl halides is 3. The van der Waals surface area contributed by atoms with E-state index >= 15 is 0 Å². The molecular formula is C20H23F3N4O. The first kappa shape index (κ1) is 20.0. The first-order chi connectivity index (χ1) is 13.1. The third kappa shape index (κ3) is 4.37. The summed E-state index contributed by atoms with van der Waals surface area (Å²) in [6, 6.07) is 6.97. The van der Waals surface area contributed by atoms with Gasteiger partial charge >= 0.3 is 6.18 Å². The van der Waals surface area contributed by atoms with Gasteiger partial charge in [0.1, 0.15) is 0 Å². The van der Waals surface area contributed by atoms with Gasteiger partial charge in [-0.3, -0.25) is 9.48 Å². The van der Waals surface area contributed by atoms with Gasteiger partial charge in [0.15, 0.2) is 5.69 Å². The van der Waals surface area contributed by atoms with Crippen molar-refractivity contribution in [2.45, 2.75) is 52.4 Å². The maximum absolute atomic E-state index is 12.7. The normalized spacial score (nSPS) is 13.1. The second-order valence-electron chi connectivity index (χ2n) is 7.13. The van der Waals surface area contributed by atoms with Gasteiger partial charge in [-0.25, -0.2) is 0 Å². The summed E-state index contributed by atoms with van der Waals surface area (Å²) < 4.78 is 39.3. The number of H-pyrrole nitrogens is 1. The van der Waals surface area contributed by atoms with Crippen LogP contribution in [0, 0.1) is 13.8 Å². The number of fused-ring (bicyclic) bond motifs is 1. The molecule has 8 heteroatoms. The monoisotopic (exact) mass is 392 g/mol. The molecule has 0 aliphatic heterocycles. The van der Waals surface area contributed by atoms with Crippen molar-refractivity contribution in [1.29, 1.82) is 0 Å². The van der Waals surface area contributed by atoms with Crippen molar-refractivity contribution in [3.05, 3.63) is 53.0 Å². The van der Waals surface area contributed by atoms with Crippen molar-refractivity contribution in [2.24, 2.45) is 0 Å². The van der Waals surface area contributed by atoms with Gasteiger partial charge in [0.2, 0.25) is 5.91 Å². The number of rotatable bonds is 6. The van der Waals surface area contributed by atoms with Crippen molar-refractivity contribution < 1.29 is 18.0 Å². The number of nitrogens with zero attached hydrogens (tertiary/aromatic N) is 2. The van der Waals surface area contributed by atoms with Crippen LogP contribution in [0.3, 0.4) is 0 Å². The quantitative estimate of drug-likeness (QED) is 0.662. The maximum atomic E-state index is 12.7. The van der Waals surface area contributed by atoms with Crippen molar-refractivity contribution in [3.8, 4) is 0 Å². The number of nitrogens with one attached hydrogen (secondary N) is 2. The van der Waals surface area contributed by atoms with Gasteiger partial charge in [-0.05, 0) is 44.4 Å². The average Bonchev–Trinajstić information content (AvgIpc) is 3.17. The lowest BCUT2D eigenvalue weighted by molar-refractivity contribution is -0.141. The summed E-state index contributed by atoms with van der Waals surface area (Å²) >= 11 is 0. The fraction of sp³-hybridized carbons (Fsp3) is 0.400. The third-order valence-corrected chi connectivity index (χ3v) is 4.77. The number of hydrogen-bond acceptors (Lipinski definition) is 2. The van der Waals surface area contributed by atoms with Gasteiger partial charge in [-0.2, -0.15) is 18.3 Å². The Morgan fingerprint density at radius 3 is 2.75 bits per heavy atom. The average molecular weight is 392 g/mol. The summed E-state index contributed by atoms with van der Waals surface area (Å²) in [5, 5.41) is 7.58. The van der Waals surface area contributed by atoms with E-state index in [9.17, 15) is 18.0 Å². The first-order valence-corrected chi connectivity index (χ1v) is 9.11. The lowest BCUT2D eigenvalue weighted by atomic mass is 10.0. The highest BCUT2D eigenvalue weighted by Gasteiger charge is 2.34. The van der Waals surface area contributed by atoms with E-state index < -0.39 is 11.9 Å².